The average molecular weight is 586 g/mol. The maximum absolute atomic E-state index is 12.7. The van der Waals surface area contributed by atoms with Gasteiger partial charge in [0.05, 0.1) is 0 Å². The molecule has 1 fully saturated rings. The van der Waals surface area contributed by atoms with E-state index < -0.39 is 5.97 Å². The summed E-state index contributed by atoms with van der Waals surface area (Å²) in [7, 11) is 0. The number of aryl methyl sites for hydroxylation is 1. The van der Waals surface area contributed by atoms with E-state index >= 15 is 0 Å². The minimum absolute atomic E-state index is 0.00103. The Bertz CT molecular complexity index is 1540. The van der Waals surface area contributed by atoms with Gasteiger partial charge >= 0.3 is 5.97 Å². The first-order chi connectivity index (χ1) is 20.1. The van der Waals surface area contributed by atoms with E-state index in [2.05, 4.69) is 78.5 Å². The number of carbonyl (C=O) groups is 2. The highest BCUT2D eigenvalue weighted by molar-refractivity contribution is 8.00. The Balaban J connectivity index is 1.31. The van der Waals surface area contributed by atoms with Gasteiger partial charge in [-0.15, -0.1) is 0 Å². The normalized spacial score (nSPS) is 13.9. The SMILES string of the molecule is Cc1c(C(=O)O)oc2ccc(SN(CCc3ccccc3)c3ccc(N4CCN(C(=O)CC(C)(C)C)CC4)cc3)cc12. The molecule has 1 aliphatic heterocycles. The van der Waals surface area contributed by atoms with Crippen LogP contribution in [0.2, 0.25) is 0 Å². The number of carboxylic acid groups (broad SMARTS) is 1. The van der Waals surface area contributed by atoms with Crippen molar-refractivity contribution in [1.82, 2.24) is 4.90 Å². The molecule has 2 heterocycles. The van der Waals surface area contributed by atoms with Crippen LogP contribution in [0.5, 0.6) is 0 Å². The summed E-state index contributed by atoms with van der Waals surface area (Å²) in [5, 5.41) is 10.3. The molecule has 42 heavy (non-hydrogen) atoms. The summed E-state index contributed by atoms with van der Waals surface area (Å²) in [5.74, 6) is -0.824. The van der Waals surface area contributed by atoms with Crippen LogP contribution in [0.4, 0.5) is 11.4 Å². The second kappa shape index (κ2) is 12.5. The molecule has 5 rings (SSSR count). The minimum atomic E-state index is -1.06. The zero-order valence-corrected chi connectivity index (χ0v) is 25.6. The van der Waals surface area contributed by atoms with Crippen LogP contribution < -0.4 is 9.21 Å². The van der Waals surface area contributed by atoms with Gasteiger partial charge in [-0.25, -0.2) is 4.79 Å². The van der Waals surface area contributed by atoms with Gasteiger partial charge in [-0.1, -0.05) is 51.1 Å². The molecular weight excluding hydrogens is 546 g/mol. The van der Waals surface area contributed by atoms with Crippen molar-refractivity contribution in [1.29, 1.82) is 0 Å². The first-order valence-corrected chi connectivity index (χ1v) is 15.2. The van der Waals surface area contributed by atoms with Crippen molar-refractivity contribution >= 4 is 46.2 Å². The van der Waals surface area contributed by atoms with Crippen molar-refractivity contribution in [3.63, 3.8) is 0 Å². The molecule has 0 bridgehead atoms. The number of piperazine rings is 1. The van der Waals surface area contributed by atoms with E-state index in [-0.39, 0.29) is 17.1 Å². The zero-order valence-electron chi connectivity index (χ0n) is 24.8. The monoisotopic (exact) mass is 585 g/mol. The van der Waals surface area contributed by atoms with Crippen LogP contribution >= 0.6 is 11.9 Å². The smallest absolute Gasteiger partial charge is 0.372 e. The number of benzene rings is 3. The zero-order chi connectivity index (χ0) is 29.9. The Morgan fingerprint density at radius 3 is 2.29 bits per heavy atom. The van der Waals surface area contributed by atoms with Gasteiger partial charge in [-0.05, 0) is 78.7 Å². The molecule has 0 unspecified atom stereocenters. The lowest BCUT2D eigenvalue weighted by Crippen LogP contribution is -2.49. The van der Waals surface area contributed by atoms with Crippen LogP contribution in [0.1, 0.15) is 48.9 Å². The fourth-order valence-corrected chi connectivity index (χ4v) is 6.26. The molecule has 1 amide bonds. The lowest BCUT2D eigenvalue weighted by atomic mass is 9.91. The molecule has 0 aliphatic carbocycles. The van der Waals surface area contributed by atoms with Crippen molar-refractivity contribution < 1.29 is 19.1 Å². The summed E-state index contributed by atoms with van der Waals surface area (Å²) >= 11 is 1.64. The Kier molecular flexibility index (Phi) is 8.82. The highest BCUT2D eigenvalue weighted by Crippen LogP contribution is 2.35. The number of aromatic carboxylic acids is 1. The first-order valence-electron chi connectivity index (χ1n) is 14.5. The molecular formula is C34H39N3O4S. The van der Waals surface area contributed by atoms with E-state index in [0.717, 1.165) is 60.8 Å². The number of fused-ring (bicyclic) bond motifs is 1. The molecule has 1 aromatic heterocycles. The molecule has 1 saturated heterocycles. The molecule has 0 saturated carbocycles. The van der Waals surface area contributed by atoms with Gasteiger partial charge in [0.25, 0.3) is 0 Å². The van der Waals surface area contributed by atoms with Crippen LogP contribution in [0.15, 0.2) is 82.1 Å². The molecule has 1 N–H and O–H groups in total. The van der Waals surface area contributed by atoms with Crippen molar-refractivity contribution in [2.45, 2.75) is 45.4 Å². The fourth-order valence-electron chi connectivity index (χ4n) is 5.30. The predicted molar refractivity (Wildman–Crippen MR) is 171 cm³/mol. The second-order valence-electron chi connectivity index (χ2n) is 12.1. The Morgan fingerprint density at radius 1 is 0.952 bits per heavy atom. The number of carboxylic acids is 1. The van der Waals surface area contributed by atoms with Gasteiger partial charge in [-0.2, -0.15) is 0 Å². The third-order valence-corrected chi connectivity index (χ3v) is 8.66. The van der Waals surface area contributed by atoms with Crippen LogP contribution in [0, 0.1) is 12.3 Å². The topological polar surface area (TPSA) is 77.2 Å². The van der Waals surface area contributed by atoms with Crippen LogP contribution in [-0.2, 0) is 11.2 Å². The van der Waals surface area contributed by atoms with E-state index in [9.17, 15) is 14.7 Å². The molecule has 0 spiro atoms. The van der Waals surface area contributed by atoms with Gasteiger partial charge in [0.2, 0.25) is 11.7 Å². The lowest BCUT2D eigenvalue weighted by molar-refractivity contribution is -0.133. The summed E-state index contributed by atoms with van der Waals surface area (Å²) < 4.78 is 7.86. The van der Waals surface area contributed by atoms with E-state index in [0.29, 0.717) is 17.6 Å². The van der Waals surface area contributed by atoms with E-state index in [1.54, 1.807) is 18.9 Å². The van der Waals surface area contributed by atoms with Crippen LogP contribution in [0.3, 0.4) is 0 Å². The largest absolute Gasteiger partial charge is 0.475 e. The van der Waals surface area contributed by atoms with Crippen molar-refractivity contribution in [3.05, 3.63) is 89.7 Å². The van der Waals surface area contributed by atoms with Gasteiger partial charge < -0.3 is 23.6 Å². The molecule has 220 valence electrons. The maximum Gasteiger partial charge on any atom is 0.372 e. The fraction of sp³-hybridized carbons (Fsp3) is 0.353. The Morgan fingerprint density at radius 2 is 1.64 bits per heavy atom. The first kappa shape index (κ1) is 29.6. The minimum Gasteiger partial charge on any atom is -0.475 e. The summed E-state index contributed by atoms with van der Waals surface area (Å²) in [6.07, 6.45) is 1.46. The number of hydrogen-bond donors (Lipinski definition) is 1. The van der Waals surface area contributed by atoms with Crippen LogP contribution in [0.25, 0.3) is 11.0 Å². The number of amides is 1. The number of furan rings is 1. The number of hydrogen-bond acceptors (Lipinski definition) is 6. The highest BCUT2D eigenvalue weighted by atomic mass is 32.2. The summed E-state index contributed by atoms with van der Waals surface area (Å²) in [4.78, 5) is 29.6. The molecule has 8 heteroatoms. The van der Waals surface area contributed by atoms with Gasteiger partial charge in [-0.3, -0.25) is 4.79 Å². The molecule has 1 aliphatic rings. The third kappa shape index (κ3) is 7.10. The quantitative estimate of drug-likeness (QED) is 0.207. The van der Waals surface area contributed by atoms with Crippen molar-refractivity contribution in [2.24, 2.45) is 5.41 Å². The van der Waals surface area contributed by atoms with Gasteiger partial charge in [0.15, 0.2) is 0 Å². The summed E-state index contributed by atoms with van der Waals surface area (Å²) in [5.41, 5.74) is 4.74. The maximum atomic E-state index is 12.7. The van der Waals surface area contributed by atoms with Crippen LogP contribution in [-0.4, -0.2) is 54.6 Å². The second-order valence-corrected chi connectivity index (χ2v) is 13.2. The summed E-state index contributed by atoms with van der Waals surface area (Å²) in [6, 6.07) is 24.9. The molecule has 4 aromatic rings. The number of rotatable bonds is 9. The third-order valence-electron chi connectivity index (χ3n) is 7.58. The van der Waals surface area contributed by atoms with Crippen molar-refractivity contribution in [2.75, 3.05) is 41.9 Å². The van der Waals surface area contributed by atoms with E-state index in [4.69, 9.17) is 4.42 Å². The average Bonchev–Trinajstić information content (AvgIpc) is 3.31. The lowest BCUT2D eigenvalue weighted by Gasteiger charge is -2.37. The van der Waals surface area contributed by atoms with E-state index in [1.807, 2.05) is 29.2 Å². The van der Waals surface area contributed by atoms with E-state index in [1.165, 1.54) is 5.56 Å². The number of nitrogens with zero attached hydrogens (tertiary/aromatic N) is 3. The summed E-state index contributed by atoms with van der Waals surface area (Å²) in [6.45, 7) is 12.0. The number of carbonyl (C=O) groups excluding carboxylic acids is 1. The Hall–Kier alpha value is -3.91. The number of anilines is 2. The van der Waals surface area contributed by atoms with Gasteiger partial charge in [0, 0.05) is 66.4 Å². The predicted octanol–water partition coefficient (Wildman–Crippen LogP) is 7.28. The Labute approximate surface area is 252 Å². The molecule has 3 aromatic carbocycles. The molecule has 0 radical (unpaired) electrons. The van der Waals surface area contributed by atoms with Crippen molar-refractivity contribution in [3.8, 4) is 0 Å². The molecule has 0 atom stereocenters. The standard InChI is InChI=1S/C34H39N3O4S/c1-24-29-22-28(14-15-30(29)41-32(24)33(39)40)42-37(17-16-25-8-6-5-7-9-25)27-12-10-26(11-13-27)35-18-20-36(21-19-35)31(38)23-34(2,3)4/h5-15,22H,16-21,23H2,1-4H3,(H,39,40). The van der Waals surface area contributed by atoms with Gasteiger partial charge in [0.1, 0.15) is 5.58 Å². The highest BCUT2D eigenvalue weighted by Gasteiger charge is 2.25. The molecule has 7 nitrogen and oxygen atoms in total.